The molecule has 0 amide bonds. The van der Waals surface area contributed by atoms with Crippen molar-refractivity contribution in [1.29, 1.82) is 0 Å². The molecule has 1 N–H and O–H groups in total. The van der Waals surface area contributed by atoms with E-state index in [9.17, 15) is 8.42 Å². The van der Waals surface area contributed by atoms with Crippen molar-refractivity contribution in [2.45, 2.75) is 45.1 Å². The molecule has 120 valence electrons. The van der Waals surface area contributed by atoms with Gasteiger partial charge in [-0.3, -0.25) is 0 Å². The fourth-order valence-electron chi connectivity index (χ4n) is 2.17. The Kier molecular flexibility index (Phi) is 7.59. The predicted octanol–water partition coefficient (Wildman–Crippen LogP) is 3.14. The summed E-state index contributed by atoms with van der Waals surface area (Å²) >= 11 is 1.51. The molecule has 0 aliphatic rings. The summed E-state index contributed by atoms with van der Waals surface area (Å²) in [6, 6.07) is 0. The Morgan fingerprint density at radius 3 is 2.67 bits per heavy atom. The third kappa shape index (κ3) is 4.64. The van der Waals surface area contributed by atoms with Crippen LogP contribution in [0.25, 0.3) is 0 Å². The van der Waals surface area contributed by atoms with Gasteiger partial charge in [0.15, 0.2) is 0 Å². The first-order chi connectivity index (χ1) is 9.98. The van der Waals surface area contributed by atoms with Crippen LogP contribution in [0, 0.1) is 6.92 Å². The highest BCUT2D eigenvalue weighted by Crippen LogP contribution is 2.29. The quantitative estimate of drug-likeness (QED) is 0.529. The zero-order valence-corrected chi connectivity index (χ0v) is 14.8. The van der Waals surface area contributed by atoms with Gasteiger partial charge >= 0.3 is 0 Å². The summed E-state index contributed by atoms with van der Waals surface area (Å²) in [6.45, 7) is 12.0. The molecular weight excluding hydrogens is 304 g/mol. The second-order valence-corrected chi connectivity index (χ2v) is 7.84. The van der Waals surface area contributed by atoms with E-state index in [1.54, 1.807) is 6.08 Å². The lowest BCUT2D eigenvalue weighted by Crippen LogP contribution is -2.33. The predicted molar refractivity (Wildman–Crippen MR) is 90.3 cm³/mol. The molecule has 0 spiro atoms. The zero-order chi connectivity index (χ0) is 15.9. The van der Waals surface area contributed by atoms with E-state index in [1.165, 1.54) is 15.6 Å². The molecule has 0 aliphatic heterocycles. The topological polar surface area (TPSA) is 49.4 Å². The van der Waals surface area contributed by atoms with Crippen LogP contribution < -0.4 is 5.32 Å². The van der Waals surface area contributed by atoms with Crippen molar-refractivity contribution in [3.8, 4) is 0 Å². The monoisotopic (exact) mass is 330 g/mol. The third-order valence-electron chi connectivity index (χ3n) is 3.11. The van der Waals surface area contributed by atoms with E-state index in [0.29, 0.717) is 24.5 Å². The number of hydrogen-bond donors (Lipinski definition) is 1. The fourth-order valence-corrected chi connectivity index (χ4v) is 5.40. The molecule has 0 atom stereocenters. The highest BCUT2D eigenvalue weighted by molar-refractivity contribution is 7.89. The molecule has 1 rings (SSSR count). The molecule has 21 heavy (non-hydrogen) atoms. The van der Waals surface area contributed by atoms with Crippen LogP contribution in [-0.4, -0.2) is 32.4 Å². The lowest BCUT2D eigenvalue weighted by atomic mass is 10.3. The number of rotatable bonds is 10. The van der Waals surface area contributed by atoms with Crippen molar-refractivity contribution in [2.75, 3.05) is 19.6 Å². The zero-order valence-electron chi connectivity index (χ0n) is 13.2. The van der Waals surface area contributed by atoms with Crippen LogP contribution in [-0.2, 0) is 16.6 Å². The Morgan fingerprint density at radius 2 is 2.10 bits per heavy atom. The minimum absolute atomic E-state index is 0.354. The number of nitrogens with zero attached hydrogens (tertiary/aromatic N) is 1. The highest BCUT2D eigenvalue weighted by Gasteiger charge is 2.28. The molecule has 1 aromatic rings. The molecule has 0 saturated carbocycles. The Morgan fingerprint density at radius 1 is 1.38 bits per heavy atom. The van der Waals surface area contributed by atoms with E-state index >= 15 is 0 Å². The lowest BCUT2D eigenvalue weighted by molar-refractivity contribution is 0.440. The molecule has 6 heteroatoms. The maximum atomic E-state index is 12.9. The first-order valence-electron chi connectivity index (χ1n) is 7.37. The average Bonchev–Trinajstić information content (AvgIpc) is 2.80. The van der Waals surface area contributed by atoms with Crippen molar-refractivity contribution in [1.82, 2.24) is 9.62 Å². The number of aryl methyl sites for hydroxylation is 1. The minimum Gasteiger partial charge on any atom is -0.312 e. The Balaban J connectivity index is 3.10. The van der Waals surface area contributed by atoms with E-state index in [0.717, 1.165) is 29.8 Å². The van der Waals surface area contributed by atoms with Gasteiger partial charge in [-0.2, -0.15) is 4.31 Å². The van der Waals surface area contributed by atoms with E-state index in [4.69, 9.17) is 0 Å². The first-order valence-corrected chi connectivity index (χ1v) is 9.69. The minimum atomic E-state index is -3.45. The molecule has 0 unspecified atom stereocenters. The summed E-state index contributed by atoms with van der Waals surface area (Å²) in [5.74, 6) is 0. The van der Waals surface area contributed by atoms with Crippen molar-refractivity contribution in [2.24, 2.45) is 0 Å². The van der Waals surface area contributed by atoms with Gasteiger partial charge in [-0.05, 0) is 37.3 Å². The standard InChI is InChI=1S/C15H26N2O2S2/c1-5-8-16-11-14-15(13(4)12-20-14)21(18,19)17(9-6-2)10-7-3/h6,12,16H,2,5,7-11H2,1,3-4H3. The van der Waals surface area contributed by atoms with Gasteiger partial charge < -0.3 is 5.32 Å². The summed E-state index contributed by atoms with van der Waals surface area (Å²) < 4.78 is 27.3. The molecule has 1 heterocycles. The largest absolute Gasteiger partial charge is 0.312 e. The summed E-state index contributed by atoms with van der Waals surface area (Å²) in [4.78, 5) is 1.37. The van der Waals surface area contributed by atoms with Crippen molar-refractivity contribution < 1.29 is 8.42 Å². The van der Waals surface area contributed by atoms with Gasteiger partial charge in [-0.25, -0.2) is 8.42 Å². The highest BCUT2D eigenvalue weighted by atomic mass is 32.2. The third-order valence-corrected chi connectivity index (χ3v) is 6.43. The van der Waals surface area contributed by atoms with E-state index in [1.807, 2.05) is 19.2 Å². The summed E-state index contributed by atoms with van der Waals surface area (Å²) in [5.41, 5.74) is 0.832. The molecule has 0 fully saturated rings. The van der Waals surface area contributed by atoms with E-state index < -0.39 is 10.0 Å². The summed E-state index contributed by atoms with van der Waals surface area (Å²) in [6.07, 6.45) is 3.47. The van der Waals surface area contributed by atoms with Gasteiger partial charge in [0.25, 0.3) is 0 Å². The van der Waals surface area contributed by atoms with Gasteiger partial charge in [0.1, 0.15) is 4.90 Å². The Hall–Kier alpha value is -0.690. The number of hydrogen-bond acceptors (Lipinski definition) is 4. The molecule has 4 nitrogen and oxygen atoms in total. The Labute approximate surface area is 132 Å². The maximum absolute atomic E-state index is 12.9. The van der Waals surface area contributed by atoms with Crippen LogP contribution in [0.15, 0.2) is 22.9 Å². The number of nitrogens with one attached hydrogen (secondary N) is 1. The normalized spacial score (nSPS) is 12.0. The fraction of sp³-hybridized carbons (Fsp3) is 0.600. The second-order valence-electron chi connectivity index (χ2n) is 5.00. The van der Waals surface area contributed by atoms with Gasteiger partial charge in [-0.15, -0.1) is 17.9 Å². The molecule has 0 radical (unpaired) electrons. The summed E-state index contributed by atoms with van der Waals surface area (Å²) in [7, 11) is -3.45. The second kappa shape index (κ2) is 8.68. The molecular formula is C15H26N2O2S2. The van der Waals surface area contributed by atoms with Crippen LogP contribution >= 0.6 is 11.3 Å². The molecule has 1 aromatic heterocycles. The van der Waals surface area contributed by atoms with Crippen LogP contribution in [0.3, 0.4) is 0 Å². The van der Waals surface area contributed by atoms with E-state index in [2.05, 4.69) is 18.8 Å². The van der Waals surface area contributed by atoms with Crippen LogP contribution in [0.4, 0.5) is 0 Å². The van der Waals surface area contributed by atoms with E-state index in [-0.39, 0.29) is 0 Å². The van der Waals surface area contributed by atoms with Crippen molar-refractivity contribution in [3.05, 3.63) is 28.5 Å². The van der Waals surface area contributed by atoms with Crippen molar-refractivity contribution in [3.63, 3.8) is 0 Å². The molecule has 0 bridgehead atoms. The maximum Gasteiger partial charge on any atom is 0.244 e. The number of sulfonamides is 1. The first kappa shape index (κ1) is 18.4. The van der Waals surface area contributed by atoms with Crippen LogP contribution in [0.1, 0.15) is 37.1 Å². The van der Waals surface area contributed by atoms with Gasteiger partial charge in [0, 0.05) is 24.5 Å². The number of thiophene rings is 1. The van der Waals surface area contributed by atoms with Crippen molar-refractivity contribution >= 4 is 21.4 Å². The SMILES string of the molecule is C=CCN(CCC)S(=O)(=O)c1c(C)csc1CNCCC. The lowest BCUT2D eigenvalue weighted by Gasteiger charge is -2.21. The van der Waals surface area contributed by atoms with Crippen LogP contribution in [0.5, 0.6) is 0 Å². The smallest absolute Gasteiger partial charge is 0.244 e. The van der Waals surface area contributed by atoms with Gasteiger partial charge in [0.05, 0.1) is 0 Å². The van der Waals surface area contributed by atoms with Gasteiger partial charge in [-0.1, -0.05) is 19.9 Å². The summed E-state index contributed by atoms with van der Waals surface area (Å²) in [5, 5.41) is 5.21. The van der Waals surface area contributed by atoms with Gasteiger partial charge in [0.2, 0.25) is 10.0 Å². The molecule has 0 saturated heterocycles. The molecule has 0 aromatic carbocycles. The average molecular weight is 331 g/mol. The van der Waals surface area contributed by atoms with Crippen LogP contribution in [0.2, 0.25) is 0 Å². The Bertz CT molecular complexity index is 550. The molecule has 0 aliphatic carbocycles.